The number of aryl methyl sites for hydroxylation is 2. The Bertz CT molecular complexity index is 837. The molecule has 2 aromatic rings. The van der Waals surface area contributed by atoms with Gasteiger partial charge < -0.3 is 0 Å². The standard InChI is InChI=1S/C30H42N2S/c1-2-3-4-6-13-27-18-22-29(23-19-27)32-31-24-30(33-32)28-20-16-26(17-21-28)15-10-9-14-25-11-7-5-8-12-25/h16-25,30H,2-15H2,1H3. The largest absolute Gasteiger partial charge is 0.206 e. The van der Waals surface area contributed by atoms with E-state index in [0.29, 0.717) is 5.25 Å². The van der Waals surface area contributed by atoms with Crippen molar-refractivity contribution in [3.63, 3.8) is 0 Å². The van der Waals surface area contributed by atoms with Gasteiger partial charge in [-0.3, -0.25) is 0 Å². The molecule has 0 aromatic heterocycles. The third-order valence-corrected chi connectivity index (χ3v) is 8.48. The maximum atomic E-state index is 4.68. The SMILES string of the molecule is CCCCCCc1ccc(N2N=CC(c3ccc(CCCCC4CCCCC4)cc3)S2)cc1. The molecule has 0 radical (unpaired) electrons. The van der Waals surface area contributed by atoms with Gasteiger partial charge in [0.25, 0.3) is 0 Å². The predicted molar refractivity (Wildman–Crippen MR) is 146 cm³/mol. The van der Waals surface area contributed by atoms with Crippen LogP contribution < -0.4 is 4.41 Å². The first-order valence-electron chi connectivity index (χ1n) is 13.5. The number of nitrogens with zero attached hydrogens (tertiary/aromatic N) is 2. The van der Waals surface area contributed by atoms with E-state index in [9.17, 15) is 0 Å². The molecule has 1 unspecified atom stereocenters. The zero-order valence-electron chi connectivity index (χ0n) is 20.6. The van der Waals surface area contributed by atoms with Gasteiger partial charge in [0.2, 0.25) is 0 Å². The van der Waals surface area contributed by atoms with Crippen molar-refractivity contribution in [1.82, 2.24) is 0 Å². The highest BCUT2D eigenvalue weighted by atomic mass is 32.2. The smallest absolute Gasteiger partial charge is 0.0887 e. The zero-order valence-corrected chi connectivity index (χ0v) is 21.4. The van der Waals surface area contributed by atoms with E-state index < -0.39 is 0 Å². The monoisotopic (exact) mass is 462 g/mol. The van der Waals surface area contributed by atoms with E-state index in [2.05, 4.69) is 71.2 Å². The highest BCUT2D eigenvalue weighted by molar-refractivity contribution is 8.01. The Labute approximate surface area is 206 Å². The fraction of sp³-hybridized carbons (Fsp3) is 0.567. The lowest BCUT2D eigenvalue weighted by Crippen LogP contribution is -2.06. The number of unbranched alkanes of at least 4 members (excludes halogenated alkanes) is 4. The van der Waals surface area contributed by atoms with E-state index in [4.69, 9.17) is 0 Å². The van der Waals surface area contributed by atoms with Crippen LogP contribution in [0.1, 0.15) is 106 Å². The summed E-state index contributed by atoms with van der Waals surface area (Å²) in [5.41, 5.74) is 5.44. The molecule has 1 saturated carbocycles. The van der Waals surface area contributed by atoms with Crippen LogP contribution in [-0.4, -0.2) is 6.21 Å². The van der Waals surface area contributed by atoms with Crippen LogP contribution >= 0.6 is 11.9 Å². The molecular formula is C30H42N2S. The molecule has 1 atom stereocenters. The molecule has 1 aliphatic carbocycles. The van der Waals surface area contributed by atoms with Crippen molar-refractivity contribution < 1.29 is 0 Å². The van der Waals surface area contributed by atoms with Gasteiger partial charge in [0.05, 0.1) is 10.9 Å². The number of benzene rings is 2. The number of hydrogen-bond donors (Lipinski definition) is 0. The minimum atomic E-state index is 0.305. The quantitative estimate of drug-likeness (QED) is 0.231. The van der Waals surface area contributed by atoms with Crippen LogP contribution in [0.5, 0.6) is 0 Å². The minimum absolute atomic E-state index is 0.305. The van der Waals surface area contributed by atoms with Crippen LogP contribution in [0.3, 0.4) is 0 Å². The molecule has 1 heterocycles. The lowest BCUT2D eigenvalue weighted by atomic mass is 9.85. The normalized spacial score (nSPS) is 18.8. The van der Waals surface area contributed by atoms with Gasteiger partial charge in [0.15, 0.2) is 0 Å². The summed E-state index contributed by atoms with van der Waals surface area (Å²) in [6.07, 6.45) is 21.3. The molecule has 33 heavy (non-hydrogen) atoms. The average molecular weight is 463 g/mol. The first-order chi connectivity index (χ1) is 16.3. The number of rotatable bonds is 12. The summed E-state index contributed by atoms with van der Waals surface area (Å²) in [6.45, 7) is 2.27. The summed E-state index contributed by atoms with van der Waals surface area (Å²) in [5.74, 6) is 1.02. The van der Waals surface area contributed by atoms with Crippen molar-refractivity contribution in [2.75, 3.05) is 4.41 Å². The fourth-order valence-electron chi connectivity index (χ4n) is 5.22. The minimum Gasteiger partial charge on any atom is -0.206 e. The topological polar surface area (TPSA) is 15.6 Å². The second-order valence-electron chi connectivity index (χ2n) is 10.0. The van der Waals surface area contributed by atoms with Crippen LogP contribution in [0.15, 0.2) is 53.6 Å². The Morgan fingerprint density at radius 1 is 0.788 bits per heavy atom. The molecule has 3 heteroatoms. The maximum absolute atomic E-state index is 4.68. The van der Waals surface area contributed by atoms with Crippen molar-refractivity contribution >= 4 is 23.8 Å². The zero-order chi connectivity index (χ0) is 22.7. The van der Waals surface area contributed by atoms with Crippen LogP contribution in [-0.2, 0) is 12.8 Å². The maximum Gasteiger partial charge on any atom is 0.0887 e. The van der Waals surface area contributed by atoms with Crippen LogP contribution in [0.2, 0.25) is 0 Å². The molecular weight excluding hydrogens is 420 g/mol. The van der Waals surface area contributed by atoms with Gasteiger partial charge in [-0.2, -0.15) is 5.10 Å². The van der Waals surface area contributed by atoms with Gasteiger partial charge in [-0.1, -0.05) is 108 Å². The van der Waals surface area contributed by atoms with Crippen LogP contribution in [0.25, 0.3) is 0 Å². The van der Waals surface area contributed by atoms with Crippen molar-refractivity contribution in [2.24, 2.45) is 11.0 Å². The van der Waals surface area contributed by atoms with Gasteiger partial charge in [0, 0.05) is 6.21 Å². The van der Waals surface area contributed by atoms with Crippen LogP contribution in [0.4, 0.5) is 5.69 Å². The van der Waals surface area contributed by atoms with E-state index in [-0.39, 0.29) is 0 Å². The number of anilines is 1. The number of hydrazone groups is 1. The molecule has 4 rings (SSSR count). The first-order valence-corrected chi connectivity index (χ1v) is 14.3. The Kier molecular flexibility index (Phi) is 9.77. The Morgan fingerprint density at radius 3 is 2.15 bits per heavy atom. The lowest BCUT2D eigenvalue weighted by Gasteiger charge is -2.21. The Hall–Kier alpha value is -1.74. The number of hydrogen-bond acceptors (Lipinski definition) is 3. The van der Waals surface area contributed by atoms with Gasteiger partial charge in [-0.05, 0) is 72.4 Å². The molecule has 0 spiro atoms. The first kappa shape index (κ1) is 24.4. The van der Waals surface area contributed by atoms with Crippen LogP contribution in [0, 0.1) is 5.92 Å². The summed E-state index contributed by atoms with van der Waals surface area (Å²) in [4.78, 5) is 0. The van der Waals surface area contributed by atoms with Crippen molar-refractivity contribution in [1.29, 1.82) is 0 Å². The second-order valence-corrected chi connectivity index (χ2v) is 11.1. The molecule has 1 aliphatic heterocycles. The molecule has 0 N–H and O–H groups in total. The molecule has 2 aliphatic rings. The molecule has 0 bridgehead atoms. The van der Waals surface area contributed by atoms with E-state index in [0.717, 1.165) is 5.92 Å². The van der Waals surface area contributed by atoms with E-state index >= 15 is 0 Å². The Balaban J connectivity index is 1.19. The third kappa shape index (κ3) is 7.64. The van der Waals surface area contributed by atoms with E-state index in [1.807, 2.05) is 0 Å². The molecule has 1 fully saturated rings. The molecule has 2 nitrogen and oxygen atoms in total. The lowest BCUT2D eigenvalue weighted by molar-refractivity contribution is 0.330. The summed E-state index contributed by atoms with van der Waals surface area (Å²) < 4.78 is 2.07. The molecule has 0 amide bonds. The van der Waals surface area contributed by atoms with E-state index in [1.165, 1.54) is 112 Å². The van der Waals surface area contributed by atoms with Gasteiger partial charge >= 0.3 is 0 Å². The average Bonchev–Trinajstić information content (AvgIpc) is 3.36. The van der Waals surface area contributed by atoms with Gasteiger partial charge in [-0.15, -0.1) is 0 Å². The highest BCUT2D eigenvalue weighted by Crippen LogP contribution is 2.39. The molecule has 0 saturated heterocycles. The van der Waals surface area contributed by atoms with Crippen molar-refractivity contribution in [3.8, 4) is 0 Å². The van der Waals surface area contributed by atoms with Crippen molar-refractivity contribution in [2.45, 2.75) is 102 Å². The summed E-state index contributed by atoms with van der Waals surface area (Å²) in [7, 11) is 0. The summed E-state index contributed by atoms with van der Waals surface area (Å²) in [5, 5.41) is 4.98. The molecule has 178 valence electrons. The second kappa shape index (κ2) is 13.2. The molecule has 2 aromatic carbocycles. The van der Waals surface area contributed by atoms with Gasteiger partial charge in [0.1, 0.15) is 0 Å². The fourth-order valence-corrected chi connectivity index (χ4v) is 6.17. The highest BCUT2D eigenvalue weighted by Gasteiger charge is 2.22. The third-order valence-electron chi connectivity index (χ3n) is 7.36. The van der Waals surface area contributed by atoms with E-state index in [1.54, 1.807) is 11.9 Å². The predicted octanol–water partition coefficient (Wildman–Crippen LogP) is 9.30. The summed E-state index contributed by atoms with van der Waals surface area (Å²) in [6, 6.07) is 18.3. The Morgan fingerprint density at radius 2 is 1.45 bits per heavy atom. The van der Waals surface area contributed by atoms with Crippen molar-refractivity contribution in [3.05, 3.63) is 65.2 Å². The van der Waals surface area contributed by atoms with Gasteiger partial charge in [-0.25, -0.2) is 4.41 Å². The summed E-state index contributed by atoms with van der Waals surface area (Å²) >= 11 is 1.80.